The third-order valence-corrected chi connectivity index (χ3v) is 2.48. The van der Waals surface area contributed by atoms with E-state index < -0.39 is 11.9 Å². The quantitative estimate of drug-likeness (QED) is 0.843. The Morgan fingerprint density at radius 3 is 2.50 bits per heavy atom. The topological polar surface area (TPSA) is 83.4 Å². The lowest BCUT2D eigenvalue weighted by atomic mass is 10.2. The number of carboxylic acid groups (broad SMARTS) is 1. The van der Waals surface area contributed by atoms with E-state index in [9.17, 15) is 14.0 Å². The summed E-state index contributed by atoms with van der Waals surface area (Å²) in [5.41, 5.74) is -0.231. The Balaban J connectivity index is 2.14. The van der Waals surface area contributed by atoms with E-state index in [1.165, 1.54) is 11.0 Å². The van der Waals surface area contributed by atoms with Crippen molar-refractivity contribution in [3.8, 4) is 0 Å². The number of hydrogen-bond acceptors (Lipinski definition) is 4. The molecule has 0 saturated heterocycles. The molecule has 0 radical (unpaired) electrons. The Morgan fingerprint density at radius 1 is 1.28 bits per heavy atom. The van der Waals surface area contributed by atoms with Crippen molar-refractivity contribution in [1.29, 1.82) is 0 Å². The van der Waals surface area contributed by atoms with Gasteiger partial charge in [0.2, 0.25) is 0 Å². The minimum Gasteiger partial charge on any atom is -0.476 e. The van der Waals surface area contributed by atoms with Gasteiger partial charge in [0, 0.05) is 6.54 Å². The third-order valence-electron chi connectivity index (χ3n) is 2.48. The van der Waals surface area contributed by atoms with Crippen LogP contribution in [0.3, 0.4) is 0 Å². The van der Waals surface area contributed by atoms with Crippen LogP contribution >= 0.6 is 0 Å². The van der Waals surface area contributed by atoms with Crippen LogP contribution in [-0.2, 0) is 0 Å². The van der Waals surface area contributed by atoms with E-state index in [4.69, 9.17) is 5.11 Å². The van der Waals surface area contributed by atoms with Crippen LogP contribution in [0.4, 0.5) is 4.39 Å². The standard InChI is InChI=1S/C11H10FN3O3/c12-7-2-1-3-15(6-7)10(16)8-4-14-9(5-13-8)11(17)18/h2,4-5H,1,3,6H2,(H,17,18). The summed E-state index contributed by atoms with van der Waals surface area (Å²) < 4.78 is 13.0. The SMILES string of the molecule is O=C(O)c1cnc(C(=O)N2CCC=C(F)C2)cn1. The van der Waals surface area contributed by atoms with E-state index >= 15 is 0 Å². The number of carbonyl (C=O) groups is 2. The van der Waals surface area contributed by atoms with Crippen LogP contribution in [0.15, 0.2) is 24.3 Å². The van der Waals surface area contributed by atoms with Crippen molar-refractivity contribution in [2.75, 3.05) is 13.1 Å². The first-order valence-electron chi connectivity index (χ1n) is 5.27. The molecule has 94 valence electrons. The van der Waals surface area contributed by atoms with Crippen LogP contribution in [0.2, 0.25) is 0 Å². The summed E-state index contributed by atoms with van der Waals surface area (Å²) in [6, 6.07) is 0. The van der Waals surface area contributed by atoms with E-state index in [2.05, 4.69) is 9.97 Å². The molecule has 6 nitrogen and oxygen atoms in total. The molecule has 2 heterocycles. The summed E-state index contributed by atoms with van der Waals surface area (Å²) in [7, 11) is 0. The van der Waals surface area contributed by atoms with Gasteiger partial charge in [-0.25, -0.2) is 19.2 Å². The molecule has 18 heavy (non-hydrogen) atoms. The number of carbonyl (C=O) groups excluding carboxylic acids is 1. The molecule has 0 aliphatic carbocycles. The number of aromatic nitrogens is 2. The number of hydrogen-bond donors (Lipinski definition) is 1. The van der Waals surface area contributed by atoms with Crippen molar-refractivity contribution in [1.82, 2.24) is 14.9 Å². The van der Waals surface area contributed by atoms with Gasteiger partial charge in [0.15, 0.2) is 5.69 Å². The second-order valence-electron chi connectivity index (χ2n) is 3.76. The van der Waals surface area contributed by atoms with Crippen LogP contribution in [0.5, 0.6) is 0 Å². The fourth-order valence-electron chi connectivity index (χ4n) is 1.59. The number of carboxylic acids is 1. The number of halogens is 1. The lowest BCUT2D eigenvalue weighted by molar-refractivity contribution is 0.0685. The second kappa shape index (κ2) is 4.91. The van der Waals surface area contributed by atoms with Crippen molar-refractivity contribution in [3.63, 3.8) is 0 Å². The highest BCUT2D eigenvalue weighted by Gasteiger charge is 2.21. The van der Waals surface area contributed by atoms with Gasteiger partial charge in [0.05, 0.1) is 18.9 Å². The summed E-state index contributed by atoms with van der Waals surface area (Å²) in [5, 5.41) is 8.64. The Labute approximate surface area is 102 Å². The minimum atomic E-state index is -1.21. The summed E-state index contributed by atoms with van der Waals surface area (Å²) in [5.74, 6) is -2.03. The number of aromatic carboxylic acids is 1. The van der Waals surface area contributed by atoms with E-state index in [1.54, 1.807) is 0 Å². The molecule has 0 atom stereocenters. The van der Waals surface area contributed by atoms with Gasteiger partial charge in [-0.1, -0.05) is 0 Å². The largest absolute Gasteiger partial charge is 0.476 e. The molecule has 2 rings (SSSR count). The van der Waals surface area contributed by atoms with Gasteiger partial charge in [-0.2, -0.15) is 0 Å². The van der Waals surface area contributed by atoms with Crippen molar-refractivity contribution >= 4 is 11.9 Å². The third kappa shape index (κ3) is 2.50. The molecule has 0 saturated carbocycles. The summed E-state index contributed by atoms with van der Waals surface area (Å²) in [4.78, 5) is 31.1. The monoisotopic (exact) mass is 251 g/mol. The van der Waals surface area contributed by atoms with Crippen LogP contribution in [0.25, 0.3) is 0 Å². The molecule has 1 N–H and O–H groups in total. The van der Waals surface area contributed by atoms with Crippen LogP contribution in [0.1, 0.15) is 27.4 Å². The molecule has 1 aromatic heterocycles. The summed E-state index contributed by atoms with van der Waals surface area (Å²) in [6.07, 6.45) is 3.98. The van der Waals surface area contributed by atoms with E-state index in [0.717, 1.165) is 12.4 Å². The van der Waals surface area contributed by atoms with Crippen molar-refractivity contribution < 1.29 is 19.1 Å². The van der Waals surface area contributed by atoms with Gasteiger partial charge >= 0.3 is 5.97 Å². The predicted molar refractivity (Wildman–Crippen MR) is 58.7 cm³/mol. The molecule has 1 aromatic rings. The molecule has 0 fully saturated rings. The first-order valence-corrected chi connectivity index (χ1v) is 5.27. The lowest BCUT2D eigenvalue weighted by Gasteiger charge is -2.23. The molecule has 1 amide bonds. The fourth-order valence-corrected chi connectivity index (χ4v) is 1.59. The smallest absolute Gasteiger partial charge is 0.356 e. The molecule has 0 spiro atoms. The molecular weight excluding hydrogens is 241 g/mol. The number of rotatable bonds is 2. The maximum atomic E-state index is 13.0. The van der Waals surface area contributed by atoms with Gasteiger partial charge in [-0.3, -0.25) is 4.79 Å². The normalized spacial score (nSPS) is 15.2. The van der Waals surface area contributed by atoms with E-state index in [-0.39, 0.29) is 23.8 Å². The van der Waals surface area contributed by atoms with Gasteiger partial charge in [-0.15, -0.1) is 0 Å². The summed E-state index contributed by atoms with van der Waals surface area (Å²) >= 11 is 0. The molecule has 0 aromatic carbocycles. The Kier molecular flexibility index (Phi) is 3.31. The zero-order valence-electron chi connectivity index (χ0n) is 9.34. The highest BCUT2D eigenvalue weighted by Crippen LogP contribution is 2.12. The van der Waals surface area contributed by atoms with Crippen LogP contribution < -0.4 is 0 Å². The van der Waals surface area contributed by atoms with Gasteiger partial charge in [0.25, 0.3) is 5.91 Å². The average molecular weight is 251 g/mol. The van der Waals surface area contributed by atoms with Crippen LogP contribution in [-0.4, -0.2) is 44.9 Å². The Morgan fingerprint density at radius 2 is 1.94 bits per heavy atom. The number of nitrogens with zero attached hydrogens (tertiary/aromatic N) is 3. The number of amides is 1. The fraction of sp³-hybridized carbons (Fsp3) is 0.273. The molecular formula is C11H10FN3O3. The predicted octanol–water partition coefficient (Wildman–Crippen LogP) is 0.874. The highest BCUT2D eigenvalue weighted by molar-refractivity contribution is 5.93. The Bertz CT molecular complexity index is 513. The van der Waals surface area contributed by atoms with Crippen LogP contribution in [0, 0.1) is 0 Å². The average Bonchev–Trinajstić information content (AvgIpc) is 2.38. The summed E-state index contributed by atoms with van der Waals surface area (Å²) in [6.45, 7) is 0.329. The lowest BCUT2D eigenvalue weighted by Crippen LogP contribution is -2.35. The Hall–Kier alpha value is -2.31. The minimum absolute atomic E-state index is 0.00898. The van der Waals surface area contributed by atoms with Crippen molar-refractivity contribution in [2.45, 2.75) is 6.42 Å². The van der Waals surface area contributed by atoms with E-state index in [0.29, 0.717) is 13.0 Å². The maximum absolute atomic E-state index is 13.0. The first kappa shape index (κ1) is 12.2. The highest BCUT2D eigenvalue weighted by atomic mass is 19.1. The van der Waals surface area contributed by atoms with Crippen molar-refractivity contribution in [2.24, 2.45) is 0 Å². The zero-order valence-corrected chi connectivity index (χ0v) is 9.34. The van der Waals surface area contributed by atoms with E-state index in [1.807, 2.05) is 0 Å². The second-order valence-corrected chi connectivity index (χ2v) is 3.76. The van der Waals surface area contributed by atoms with Gasteiger partial charge in [-0.05, 0) is 12.5 Å². The molecule has 7 heteroatoms. The molecule has 0 unspecified atom stereocenters. The molecule has 1 aliphatic rings. The molecule has 0 bridgehead atoms. The van der Waals surface area contributed by atoms with Crippen molar-refractivity contribution in [3.05, 3.63) is 35.7 Å². The first-order chi connectivity index (χ1) is 8.58. The molecule has 1 aliphatic heterocycles. The van der Waals surface area contributed by atoms with Gasteiger partial charge in [0.1, 0.15) is 11.5 Å². The zero-order chi connectivity index (χ0) is 13.1. The van der Waals surface area contributed by atoms with Gasteiger partial charge < -0.3 is 10.0 Å². The maximum Gasteiger partial charge on any atom is 0.356 e.